The van der Waals surface area contributed by atoms with Crippen LogP contribution in [0.4, 0.5) is 4.39 Å². The summed E-state index contributed by atoms with van der Waals surface area (Å²) in [4.78, 5) is 21.0. The predicted molar refractivity (Wildman–Crippen MR) is 156 cm³/mol. The second-order valence-electron chi connectivity index (χ2n) is 10.6. The number of amides is 1. The maximum atomic E-state index is 14.9. The Morgan fingerprint density at radius 2 is 1.90 bits per heavy atom. The smallest absolute Gasteiger partial charge is 0.279 e. The van der Waals surface area contributed by atoms with Gasteiger partial charge in [0.15, 0.2) is 0 Å². The number of β-amino-alcohol motifs (C(OH)–C–C–N with tert-alkyl or cyclic N) is 1. The molecule has 2 aliphatic rings. The molecule has 0 spiro atoms. The molecule has 0 aliphatic carbocycles. The molecule has 3 heterocycles. The van der Waals surface area contributed by atoms with Crippen molar-refractivity contribution < 1.29 is 14.3 Å². The number of nitrogens with zero attached hydrogens (tertiary/aromatic N) is 5. The van der Waals surface area contributed by atoms with Crippen LogP contribution in [0.15, 0.2) is 65.4 Å². The van der Waals surface area contributed by atoms with E-state index in [-0.39, 0.29) is 23.8 Å². The molecule has 1 aromatic heterocycles. The largest absolute Gasteiger partial charge is 0.388 e. The first-order valence-electron chi connectivity index (χ1n) is 13.6. The van der Waals surface area contributed by atoms with Gasteiger partial charge in [0.2, 0.25) is 0 Å². The number of nitrogens with two attached hydrogens (primary N) is 1. The van der Waals surface area contributed by atoms with Crippen LogP contribution < -0.4 is 11.1 Å². The van der Waals surface area contributed by atoms with Gasteiger partial charge in [0.1, 0.15) is 17.2 Å². The van der Waals surface area contributed by atoms with Gasteiger partial charge in [-0.05, 0) is 36.1 Å². The molecule has 3 aromatic rings. The highest BCUT2D eigenvalue weighted by Crippen LogP contribution is 2.28. The SMILES string of the molecule is CN/C(=C1/N=CN(CC2(O)CCN(Cc3ccc(-c4ccnn4C)cc3F)CC2)C(=O)C1=N)c1ccc(CN)cc1. The van der Waals surface area contributed by atoms with Gasteiger partial charge in [-0.3, -0.25) is 24.7 Å². The second-order valence-corrected chi connectivity index (χ2v) is 10.6. The molecular formula is C30H35FN8O2. The van der Waals surface area contributed by atoms with Gasteiger partial charge in [-0.25, -0.2) is 9.38 Å². The lowest BCUT2D eigenvalue weighted by Gasteiger charge is -2.40. The fourth-order valence-corrected chi connectivity index (χ4v) is 5.33. The van der Waals surface area contributed by atoms with Crippen molar-refractivity contribution in [1.82, 2.24) is 24.9 Å². The lowest BCUT2D eigenvalue weighted by molar-refractivity contribution is -0.124. The van der Waals surface area contributed by atoms with Crippen LogP contribution in [0.1, 0.15) is 29.5 Å². The fraction of sp³-hybridized carbons (Fsp3) is 0.333. The second kappa shape index (κ2) is 11.7. The van der Waals surface area contributed by atoms with E-state index in [1.165, 1.54) is 17.3 Å². The first kappa shape index (κ1) is 28.3. The predicted octanol–water partition coefficient (Wildman–Crippen LogP) is 2.49. The summed E-state index contributed by atoms with van der Waals surface area (Å²) in [5.74, 6) is -0.800. The van der Waals surface area contributed by atoms with E-state index in [1.807, 2.05) is 43.4 Å². The zero-order valence-electron chi connectivity index (χ0n) is 23.3. The summed E-state index contributed by atoms with van der Waals surface area (Å²) in [5.41, 5.74) is 9.08. The number of nitrogens with one attached hydrogen (secondary N) is 2. The summed E-state index contributed by atoms with van der Waals surface area (Å²) in [7, 11) is 3.54. The van der Waals surface area contributed by atoms with Gasteiger partial charge < -0.3 is 16.2 Å². The lowest BCUT2D eigenvalue weighted by Crippen LogP contribution is -2.53. The van der Waals surface area contributed by atoms with Gasteiger partial charge in [0, 0.05) is 57.6 Å². The van der Waals surface area contributed by atoms with E-state index in [4.69, 9.17) is 11.1 Å². The Balaban J connectivity index is 1.22. The third-order valence-electron chi connectivity index (χ3n) is 7.82. The number of likely N-dealkylation sites (tertiary alicyclic amines) is 1. The van der Waals surface area contributed by atoms with Crippen LogP contribution in [-0.4, -0.2) is 74.9 Å². The van der Waals surface area contributed by atoms with Gasteiger partial charge in [-0.15, -0.1) is 0 Å². The molecule has 1 fully saturated rings. The average Bonchev–Trinajstić information content (AvgIpc) is 3.41. The molecule has 2 aliphatic heterocycles. The molecule has 0 saturated carbocycles. The number of halogens is 1. The molecule has 5 rings (SSSR count). The highest BCUT2D eigenvalue weighted by atomic mass is 19.1. The highest BCUT2D eigenvalue weighted by Gasteiger charge is 2.38. The first-order chi connectivity index (χ1) is 19.7. The van der Waals surface area contributed by atoms with E-state index in [0.29, 0.717) is 50.3 Å². The first-order valence-corrected chi connectivity index (χ1v) is 13.6. The number of aromatic nitrogens is 2. The number of piperidine rings is 1. The van der Waals surface area contributed by atoms with Crippen LogP contribution in [0.3, 0.4) is 0 Å². The summed E-state index contributed by atoms with van der Waals surface area (Å²) in [6.45, 7) is 1.97. The molecule has 41 heavy (non-hydrogen) atoms. The minimum atomic E-state index is -1.13. The zero-order chi connectivity index (χ0) is 29.1. The Labute approximate surface area is 238 Å². The molecule has 1 amide bonds. The van der Waals surface area contributed by atoms with E-state index >= 15 is 0 Å². The van der Waals surface area contributed by atoms with Crippen molar-refractivity contribution in [2.24, 2.45) is 17.8 Å². The average molecular weight is 559 g/mol. The lowest BCUT2D eigenvalue weighted by atomic mass is 9.90. The number of aliphatic hydroxyl groups is 1. The van der Waals surface area contributed by atoms with Crippen molar-refractivity contribution >= 4 is 23.7 Å². The van der Waals surface area contributed by atoms with Crippen molar-refractivity contribution in [3.8, 4) is 11.3 Å². The van der Waals surface area contributed by atoms with Crippen LogP contribution in [0.25, 0.3) is 17.0 Å². The summed E-state index contributed by atoms with van der Waals surface area (Å²) in [5, 5.41) is 27.0. The summed E-state index contributed by atoms with van der Waals surface area (Å²) in [6, 6.07) is 14.6. The number of benzene rings is 2. The molecule has 5 N–H and O–H groups in total. The number of aryl methyl sites for hydroxylation is 1. The molecule has 10 nitrogen and oxygen atoms in total. The Morgan fingerprint density at radius 3 is 2.51 bits per heavy atom. The van der Waals surface area contributed by atoms with Crippen LogP contribution in [0.5, 0.6) is 0 Å². The number of hydrogen-bond donors (Lipinski definition) is 4. The van der Waals surface area contributed by atoms with Gasteiger partial charge in [0.25, 0.3) is 5.91 Å². The number of hydrogen-bond acceptors (Lipinski definition) is 8. The van der Waals surface area contributed by atoms with E-state index in [9.17, 15) is 14.3 Å². The van der Waals surface area contributed by atoms with Crippen molar-refractivity contribution in [3.05, 3.63) is 82.9 Å². The topological polar surface area (TPSA) is 136 Å². The van der Waals surface area contributed by atoms with Crippen LogP contribution in [0.2, 0.25) is 0 Å². The van der Waals surface area contributed by atoms with E-state index in [1.54, 1.807) is 24.0 Å². The van der Waals surface area contributed by atoms with Crippen molar-refractivity contribution in [2.75, 3.05) is 26.7 Å². The minimum absolute atomic E-state index is 0.0344. The van der Waals surface area contributed by atoms with Crippen LogP contribution in [-0.2, 0) is 24.9 Å². The van der Waals surface area contributed by atoms with E-state index in [2.05, 4.69) is 20.3 Å². The third-order valence-corrected chi connectivity index (χ3v) is 7.82. The molecule has 0 unspecified atom stereocenters. The molecule has 1 saturated heterocycles. The number of carbonyl (C=O) groups is 1. The molecule has 0 bridgehead atoms. The zero-order valence-corrected chi connectivity index (χ0v) is 23.3. The Morgan fingerprint density at radius 1 is 1.17 bits per heavy atom. The van der Waals surface area contributed by atoms with E-state index < -0.39 is 11.5 Å². The molecule has 11 heteroatoms. The van der Waals surface area contributed by atoms with Crippen LogP contribution >= 0.6 is 0 Å². The Hall–Kier alpha value is -4.19. The van der Waals surface area contributed by atoms with Gasteiger partial charge in [-0.2, -0.15) is 5.10 Å². The summed E-state index contributed by atoms with van der Waals surface area (Å²) in [6.07, 6.45) is 3.89. The maximum absolute atomic E-state index is 14.9. The number of rotatable bonds is 8. The summed E-state index contributed by atoms with van der Waals surface area (Å²) < 4.78 is 16.6. The van der Waals surface area contributed by atoms with E-state index in [0.717, 1.165) is 22.4 Å². The number of aliphatic imine (C=N–C) groups is 1. The molecule has 0 atom stereocenters. The quantitative estimate of drug-likeness (QED) is 0.336. The van der Waals surface area contributed by atoms with Gasteiger partial charge >= 0.3 is 0 Å². The fourth-order valence-electron chi connectivity index (χ4n) is 5.33. The highest BCUT2D eigenvalue weighted by molar-refractivity contribution is 6.47. The minimum Gasteiger partial charge on any atom is -0.388 e. The molecule has 2 aromatic carbocycles. The summed E-state index contributed by atoms with van der Waals surface area (Å²) >= 11 is 0. The van der Waals surface area contributed by atoms with Gasteiger partial charge in [0.05, 0.1) is 29.9 Å². The third kappa shape index (κ3) is 5.97. The Bertz CT molecular complexity index is 1500. The van der Waals surface area contributed by atoms with Crippen LogP contribution in [0, 0.1) is 11.2 Å². The monoisotopic (exact) mass is 558 g/mol. The van der Waals surface area contributed by atoms with Crippen molar-refractivity contribution in [1.29, 1.82) is 5.41 Å². The molecule has 0 radical (unpaired) electrons. The maximum Gasteiger partial charge on any atom is 0.279 e. The standard InChI is InChI=1S/C30H35FN8O2/c1-34-27(21-5-3-20(16-32)4-6-21)28-26(33)29(40)39(19-35-28)18-30(41)10-13-38(14-11-30)17-23-8-7-22(15-24(23)31)25-9-12-36-37(25)2/h3-9,12,15,19,33-34,41H,10-11,13-14,16-18,32H2,1-2H3/b28-27+,33-26?. The van der Waals surface area contributed by atoms with Crippen molar-refractivity contribution in [2.45, 2.75) is 31.5 Å². The number of carbonyl (C=O) groups excluding carboxylic acids is 1. The molecule has 214 valence electrons. The van der Waals surface area contributed by atoms with Gasteiger partial charge in [-0.1, -0.05) is 36.4 Å². The normalized spacial score (nSPS) is 18.6. The molecular weight excluding hydrogens is 523 g/mol. The van der Waals surface area contributed by atoms with Crippen molar-refractivity contribution in [3.63, 3.8) is 0 Å². The Kier molecular flexibility index (Phi) is 8.11.